The molecule has 0 unspecified atom stereocenters. The zero-order valence-corrected chi connectivity index (χ0v) is 52.8. The van der Waals surface area contributed by atoms with Gasteiger partial charge >= 0.3 is 0 Å². The van der Waals surface area contributed by atoms with Crippen LogP contribution in [0.3, 0.4) is 0 Å². The Bertz CT molecular complexity index is 3530. The number of nitrogens with one attached hydrogen (secondary N) is 2. The molecule has 0 heterocycles. The zero-order valence-electron chi connectivity index (χ0n) is 50.3. The number of nitrogens with two attached hydrogens (primary N) is 3. The van der Waals surface area contributed by atoms with Crippen molar-refractivity contribution in [1.29, 1.82) is 0 Å². The molecule has 0 saturated carbocycles. The highest BCUT2D eigenvalue weighted by atomic mass is 32.2. The van der Waals surface area contributed by atoms with E-state index in [9.17, 15) is 25.3 Å². The number of hydrogen-bond donors (Lipinski definition) is 5. The average Bonchev–Trinajstić information content (AvgIpc) is 2.42. The van der Waals surface area contributed by atoms with Crippen molar-refractivity contribution in [2.24, 2.45) is 15.4 Å². The lowest BCUT2D eigenvalue weighted by Crippen LogP contribution is -2.37. The molecule has 19 nitrogen and oxygen atoms in total. The van der Waals surface area contributed by atoms with E-state index in [0.29, 0.717) is 64.5 Å². The van der Waals surface area contributed by atoms with Crippen LogP contribution in [0.1, 0.15) is 62.4 Å². The van der Waals surface area contributed by atoms with Crippen LogP contribution in [-0.2, 0) is 62.4 Å². The van der Waals surface area contributed by atoms with Gasteiger partial charge in [-0.25, -0.2) is 40.7 Å². The van der Waals surface area contributed by atoms with Gasteiger partial charge in [0.15, 0.2) is 23.0 Å². The number of methoxy groups -OCH3 is 3. The Kier molecular flexibility index (Phi) is 28.1. The number of ether oxygens (including phenoxy) is 7. The van der Waals surface area contributed by atoms with Crippen LogP contribution >= 0.6 is 0 Å². The molecule has 0 aliphatic carbocycles. The summed E-state index contributed by atoms with van der Waals surface area (Å²) in [6, 6.07) is 51.2. The molecule has 0 spiro atoms. The lowest BCUT2D eigenvalue weighted by atomic mass is 10.0. The van der Waals surface area contributed by atoms with Gasteiger partial charge in [0.2, 0.25) is 30.1 Å². The molecule has 7 aromatic rings. The van der Waals surface area contributed by atoms with Crippen LogP contribution in [-0.4, -0.2) is 109 Å². The van der Waals surface area contributed by atoms with Gasteiger partial charge in [-0.2, -0.15) is 0 Å². The molecule has 0 radical (unpaired) electrons. The van der Waals surface area contributed by atoms with E-state index < -0.39 is 30.1 Å². The van der Waals surface area contributed by atoms with Crippen LogP contribution in [0.2, 0.25) is 0 Å². The van der Waals surface area contributed by atoms with Gasteiger partial charge in [-0.15, -0.1) is 0 Å². The summed E-state index contributed by atoms with van der Waals surface area (Å²) in [7, 11) is -7.28. The van der Waals surface area contributed by atoms with Crippen molar-refractivity contribution in [3.8, 4) is 40.2 Å². The second-order valence-electron chi connectivity index (χ2n) is 20.1. The Labute approximate surface area is 509 Å². The third-order valence-electron chi connectivity index (χ3n) is 13.4. The maximum atomic E-state index is 12.0. The van der Waals surface area contributed by atoms with E-state index in [1.807, 2.05) is 124 Å². The van der Waals surface area contributed by atoms with E-state index in [-0.39, 0.29) is 50.1 Å². The first kappa shape index (κ1) is 69.5. The molecule has 466 valence electrons. The molecule has 8 N–H and O–H groups in total. The molecule has 0 aliphatic rings. The van der Waals surface area contributed by atoms with E-state index in [1.54, 1.807) is 36.4 Å². The van der Waals surface area contributed by atoms with Crippen molar-refractivity contribution in [3.63, 3.8) is 0 Å². The molecule has 0 saturated heterocycles. The van der Waals surface area contributed by atoms with Crippen molar-refractivity contribution in [2.75, 3.05) is 60.8 Å². The molecule has 0 bridgehead atoms. The Morgan fingerprint density at radius 1 is 0.419 bits per heavy atom. The van der Waals surface area contributed by atoms with Gasteiger partial charge in [0, 0.05) is 44.3 Å². The zero-order chi connectivity index (χ0) is 62.7. The SMILES string of the molecule is CCOc1ccccc1OCCN(Cc1ccccc1)[C@H](C)Cc1ccc(OC)c(S(N)(=O)=O)c1.CCOc1ccccc1OCCN[C@H](C)Cc1ccc(OC)c(S(N)(=O)=O)c1.COc1ccc(C[C@@H](C)NCc2ccccc2)cc1S(N)(=O)=O. The molecule has 3 atom stereocenters. The summed E-state index contributed by atoms with van der Waals surface area (Å²) in [6.07, 6.45) is 1.97. The summed E-state index contributed by atoms with van der Waals surface area (Å²) >= 11 is 0. The average molecular weight is 1240 g/mol. The second kappa shape index (κ2) is 34.8. The van der Waals surface area contributed by atoms with Gasteiger partial charge in [-0.05, 0) is 142 Å². The van der Waals surface area contributed by atoms with Gasteiger partial charge in [0.25, 0.3) is 0 Å². The van der Waals surface area contributed by atoms with Gasteiger partial charge in [0.05, 0.1) is 34.5 Å². The van der Waals surface area contributed by atoms with Crippen LogP contribution in [0.25, 0.3) is 0 Å². The van der Waals surface area contributed by atoms with Crippen molar-refractivity contribution in [1.82, 2.24) is 15.5 Å². The lowest BCUT2D eigenvalue weighted by molar-refractivity contribution is 0.156. The Balaban J connectivity index is 0.000000241. The minimum absolute atomic E-state index is 0.00411. The molecule has 0 aliphatic heterocycles. The molecule has 22 heteroatoms. The van der Waals surface area contributed by atoms with E-state index in [2.05, 4.69) is 53.6 Å². The summed E-state index contributed by atoms with van der Waals surface area (Å²) in [4.78, 5) is 2.33. The first-order valence-corrected chi connectivity index (χ1v) is 32.8. The van der Waals surface area contributed by atoms with Crippen LogP contribution < -0.4 is 59.2 Å². The summed E-state index contributed by atoms with van der Waals surface area (Å²) in [6.45, 7) is 15.0. The number of rotatable bonds is 31. The summed E-state index contributed by atoms with van der Waals surface area (Å²) in [5, 5.41) is 22.7. The normalized spacial score (nSPS) is 12.5. The molecular formula is C64H84N6O13S3. The molecule has 7 rings (SSSR count). The number of hydrogen-bond acceptors (Lipinski definition) is 16. The summed E-state index contributed by atoms with van der Waals surface area (Å²) in [5.41, 5.74) is 5.01. The molecule has 0 fully saturated rings. The van der Waals surface area contributed by atoms with Crippen molar-refractivity contribution >= 4 is 30.1 Å². The first-order valence-electron chi connectivity index (χ1n) is 28.1. The van der Waals surface area contributed by atoms with Crippen molar-refractivity contribution < 1.29 is 58.4 Å². The molecule has 7 aromatic carbocycles. The number of nitrogens with zero attached hydrogens (tertiary/aromatic N) is 1. The molecule has 0 amide bonds. The standard InChI is InChI=1S/C27H34N2O5S.C20H28N2O5S.C17H22N2O3S/c1-4-33-24-12-8-9-13-25(24)34-17-16-29(20-22-10-6-5-7-11-22)21(2)18-23-14-15-26(32-3)27(19-23)35(28,30)31;1-4-26-17-7-5-6-8-18(17)27-12-11-22-15(2)13-16-9-10-19(25-3)20(14-16)28(21,23)24;1-13(19-12-14-6-4-3-5-7-14)10-15-8-9-16(22-2)17(11-15)23(18,20)21/h5-15,19,21H,4,16-18,20H2,1-3H3,(H2,28,30,31);5-10,14-15,22H,4,11-13H2,1-3H3,(H2,21,23,24);3-9,11,13,19H,10,12H2,1-2H3,(H2,18,20,21)/t21-;15-;13-/m111/s1. The van der Waals surface area contributed by atoms with E-state index in [0.717, 1.165) is 47.0 Å². The van der Waals surface area contributed by atoms with E-state index >= 15 is 0 Å². The third-order valence-corrected chi connectivity index (χ3v) is 16.2. The van der Waals surface area contributed by atoms with Crippen LogP contribution in [0.15, 0.2) is 178 Å². The summed E-state index contributed by atoms with van der Waals surface area (Å²) < 4.78 is 109. The van der Waals surface area contributed by atoms with Gasteiger partial charge in [-0.3, -0.25) is 4.90 Å². The minimum atomic E-state index is -3.90. The van der Waals surface area contributed by atoms with Crippen molar-refractivity contribution in [2.45, 2.75) is 99.8 Å². The fourth-order valence-corrected chi connectivity index (χ4v) is 11.4. The van der Waals surface area contributed by atoms with Crippen molar-refractivity contribution in [3.05, 3.63) is 192 Å². The van der Waals surface area contributed by atoms with Crippen LogP contribution in [0, 0.1) is 0 Å². The topological polar surface area (TPSA) is 272 Å². The number of benzene rings is 7. The third kappa shape index (κ3) is 23.2. The fourth-order valence-electron chi connectivity index (χ4n) is 9.12. The number of para-hydroxylation sites is 4. The van der Waals surface area contributed by atoms with E-state index in [1.165, 1.54) is 32.5 Å². The Hall–Kier alpha value is -7.25. The molecule has 86 heavy (non-hydrogen) atoms. The Morgan fingerprint density at radius 2 is 0.779 bits per heavy atom. The fraction of sp³-hybridized carbons (Fsp3) is 0.344. The van der Waals surface area contributed by atoms with E-state index in [4.69, 9.17) is 48.6 Å². The highest BCUT2D eigenvalue weighted by Gasteiger charge is 2.21. The maximum absolute atomic E-state index is 12.0. The Morgan fingerprint density at radius 3 is 1.17 bits per heavy atom. The number of primary sulfonamides is 3. The first-order chi connectivity index (χ1) is 41.1. The predicted molar refractivity (Wildman–Crippen MR) is 337 cm³/mol. The predicted octanol–water partition coefficient (Wildman–Crippen LogP) is 8.66. The smallest absolute Gasteiger partial charge is 0.241 e. The maximum Gasteiger partial charge on any atom is 0.241 e. The van der Waals surface area contributed by atoms with Gasteiger partial charge < -0.3 is 43.8 Å². The quantitative estimate of drug-likeness (QED) is 0.0254. The molecule has 0 aromatic heterocycles. The van der Waals surface area contributed by atoms with Crippen LogP contribution in [0.4, 0.5) is 0 Å². The number of sulfonamides is 3. The summed E-state index contributed by atoms with van der Waals surface area (Å²) in [5.74, 6) is 3.64. The van der Waals surface area contributed by atoms with Gasteiger partial charge in [0.1, 0.15) is 45.1 Å². The second-order valence-corrected chi connectivity index (χ2v) is 24.7. The van der Waals surface area contributed by atoms with Gasteiger partial charge in [-0.1, -0.05) is 103 Å². The largest absolute Gasteiger partial charge is 0.495 e. The minimum Gasteiger partial charge on any atom is -0.495 e. The van der Waals surface area contributed by atoms with Crippen LogP contribution in [0.5, 0.6) is 40.2 Å². The molecular weight excluding hydrogens is 1160 g/mol. The monoisotopic (exact) mass is 1240 g/mol. The highest BCUT2D eigenvalue weighted by Crippen LogP contribution is 2.30. The lowest BCUT2D eigenvalue weighted by Gasteiger charge is -2.29. The highest BCUT2D eigenvalue weighted by molar-refractivity contribution is 7.89.